The summed E-state index contributed by atoms with van der Waals surface area (Å²) >= 11 is 0. The van der Waals surface area contributed by atoms with E-state index in [4.69, 9.17) is 9.47 Å². The number of unbranched alkanes of at least 4 members (excludes halogenated alkanes) is 6. The third-order valence-corrected chi connectivity index (χ3v) is 5.46. The standard InChI is InChI=1S/C25H39N3O4/c1-4-6-8-9-10-11-17-31-21-14-12-20(13-15-21)22-18-26-23(27-22)25(3,19-29)28-24(30)32-16-7-5-2/h12-15,18,29H,4-11,16-17,19H2,1-3H3,(H,26,27)(H,28,30)/t25-/m0/s1. The molecule has 0 aliphatic rings. The molecule has 0 aliphatic heterocycles. The molecule has 0 bridgehead atoms. The van der Waals surface area contributed by atoms with Crippen molar-refractivity contribution in [1.29, 1.82) is 0 Å². The van der Waals surface area contributed by atoms with Gasteiger partial charge in [-0.3, -0.25) is 0 Å². The van der Waals surface area contributed by atoms with Gasteiger partial charge in [-0.1, -0.05) is 52.4 Å². The predicted octanol–water partition coefficient (Wildman–Crippen LogP) is 5.55. The second-order valence-corrected chi connectivity index (χ2v) is 8.39. The van der Waals surface area contributed by atoms with Gasteiger partial charge in [-0.05, 0) is 49.6 Å². The summed E-state index contributed by atoms with van der Waals surface area (Å²) in [4.78, 5) is 19.6. The molecule has 32 heavy (non-hydrogen) atoms. The Labute approximate surface area is 191 Å². The lowest BCUT2D eigenvalue weighted by Crippen LogP contribution is -2.47. The van der Waals surface area contributed by atoms with Crippen LogP contribution in [-0.2, 0) is 10.3 Å². The maximum Gasteiger partial charge on any atom is 0.408 e. The van der Waals surface area contributed by atoms with Crippen LogP contribution in [0.3, 0.4) is 0 Å². The number of aliphatic hydroxyl groups excluding tert-OH is 1. The Morgan fingerprint density at radius 1 is 1.03 bits per heavy atom. The highest BCUT2D eigenvalue weighted by Crippen LogP contribution is 2.25. The van der Waals surface area contributed by atoms with Crippen LogP contribution >= 0.6 is 0 Å². The minimum atomic E-state index is -1.07. The van der Waals surface area contributed by atoms with E-state index in [0.717, 1.165) is 42.9 Å². The van der Waals surface area contributed by atoms with Crippen LogP contribution in [0.25, 0.3) is 11.3 Å². The molecule has 1 heterocycles. The number of hydrogen-bond donors (Lipinski definition) is 3. The van der Waals surface area contributed by atoms with Crippen LogP contribution in [0.2, 0.25) is 0 Å². The van der Waals surface area contributed by atoms with Crippen molar-refractivity contribution in [2.75, 3.05) is 19.8 Å². The molecule has 0 unspecified atom stereocenters. The molecule has 2 rings (SSSR count). The first-order valence-corrected chi connectivity index (χ1v) is 11.9. The SMILES string of the molecule is CCCCCCCCOc1ccc(-c2cnc([C@](C)(CO)NC(=O)OCCCC)[nH]2)cc1. The van der Waals surface area contributed by atoms with Gasteiger partial charge in [0.05, 0.1) is 31.7 Å². The zero-order valence-electron chi connectivity index (χ0n) is 19.8. The van der Waals surface area contributed by atoms with Gasteiger partial charge in [-0.2, -0.15) is 0 Å². The van der Waals surface area contributed by atoms with Gasteiger partial charge in [-0.15, -0.1) is 0 Å². The normalized spacial score (nSPS) is 12.9. The smallest absolute Gasteiger partial charge is 0.408 e. The number of carbonyl (C=O) groups is 1. The Balaban J connectivity index is 1.89. The molecule has 0 saturated heterocycles. The summed E-state index contributed by atoms with van der Waals surface area (Å²) in [5.74, 6) is 1.31. The largest absolute Gasteiger partial charge is 0.494 e. The highest BCUT2D eigenvalue weighted by Gasteiger charge is 2.32. The van der Waals surface area contributed by atoms with Crippen molar-refractivity contribution in [3.05, 3.63) is 36.3 Å². The number of hydrogen-bond acceptors (Lipinski definition) is 5. The van der Waals surface area contributed by atoms with Crippen molar-refractivity contribution < 1.29 is 19.4 Å². The van der Waals surface area contributed by atoms with Crippen molar-refractivity contribution in [2.45, 2.75) is 77.7 Å². The molecular formula is C25H39N3O4. The number of benzene rings is 1. The monoisotopic (exact) mass is 445 g/mol. The molecule has 1 atom stereocenters. The van der Waals surface area contributed by atoms with E-state index in [1.54, 1.807) is 13.1 Å². The van der Waals surface area contributed by atoms with Gasteiger partial charge in [0.25, 0.3) is 0 Å². The average Bonchev–Trinajstić information content (AvgIpc) is 3.30. The van der Waals surface area contributed by atoms with Crippen molar-refractivity contribution in [2.24, 2.45) is 0 Å². The number of aliphatic hydroxyl groups is 1. The van der Waals surface area contributed by atoms with Crippen LogP contribution in [0.4, 0.5) is 4.79 Å². The number of nitrogens with zero attached hydrogens (tertiary/aromatic N) is 1. The number of amides is 1. The maximum absolute atomic E-state index is 12.1. The summed E-state index contributed by atoms with van der Waals surface area (Å²) in [7, 11) is 0. The van der Waals surface area contributed by atoms with Gasteiger partial charge in [-0.25, -0.2) is 9.78 Å². The molecule has 0 aliphatic carbocycles. The predicted molar refractivity (Wildman–Crippen MR) is 127 cm³/mol. The third-order valence-electron chi connectivity index (χ3n) is 5.46. The van der Waals surface area contributed by atoms with Crippen LogP contribution in [-0.4, -0.2) is 41.0 Å². The van der Waals surface area contributed by atoms with Crippen LogP contribution in [0, 0.1) is 0 Å². The maximum atomic E-state index is 12.1. The summed E-state index contributed by atoms with van der Waals surface area (Å²) in [6.45, 7) is 6.72. The van der Waals surface area contributed by atoms with Gasteiger partial charge in [0.1, 0.15) is 17.1 Å². The van der Waals surface area contributed by atoms with Crippen LogP contribution in [0.5, 0.6) is 5.75 Å². The Morgan fingerprint density at radius 3 is 2.41 bits per heavy atom. The summed E-state index contributed by atoms with van der Waals surface area (Å²) < 4.78 is 11.0. The fourth-order valence-corrected chi connectivity index (χ4v) is 3.30. The Hall–Kier alpha value is -2.54. The molecule has 7 nitrogen and oxygen atoms in total. The molecule has 1 aromatic carbocycles. The first kappa shape index (κ1) is 25.7. The summed E-state index contributed by atoms with van der Waals surface area (Å²) in [6, 6.07) is 7.83. The molecule has 178 valence electrons. The average molecular weight is 446 g/mol. The van der Waals surface area contributed by atoms with Gasteiger partial charge < -0.3 is 24.9 Å². The Morgan fingerprint density at radius 2 is 1.72 bits per heavy atom. The Bertz CT molecular complexity index is 791. The first-order chi connectivity index (χ1) is 15.5. The molecule has 2 aromatic rings. The molecule has 1 aromatic heterocycles. The number of imidazole rings is 1. The molecule has 7 heteroatoms. The molecular weight excluding hydrogens is 406 g/mol. The molecule has 0 radical (unpaired) electrons. The number of aromatic nitrogens is 2. The molecule has 0 saturated carbocycles. The topological polar surface area (TPSA) is 96.5 Å². The lowest BCUT2D eigenvalue weighted by molar-refractivity contribution is 0.112. The zero-order chi connectivity index (χ0) is 23.2. The number of carbonyl (C=O) groups excluding carboxylic acids is 1. The van der Waals surface area contributed by atoms with Gasteiger partial charge >= 0.3 is 6.09 Å². The van der Waals surface area contributed by atoms with E-state index in [-0.39, 0.29) is 6.61 Å². The van der Waals surface area contributed by atoms with Crippen LogP contribution < -0.4 is 10.1 Å². The second-order valence-electron chi connectivity index (χ2n) is 8.39. The van der Waals surface area contributed by atoms with Crippen LogP contribution in [0.1, 0.15) is 78.0 Å². The second kappa shape index (κ2) is 13.8. The fourth-order valence-electron chi connectivity index (χ4n) is 3.30. The number of rotatable bonds is 15. The van der Waals surface area contributed by atoms with E-state index in [1.165, 1.54) is 32.1 Å². The summed E-state index contributed by atoms with van der Waals surface area (Å²) in [6.07, 6.45) is 10.3. The molecule has 3 N–H and O–H groups in total. The first-order valence-electron chi connectivity index (χ1n) is 11.9. The minimum Gasteiger partial charge on any atom is -0.494 e. The molecule has 1 amide bonds. The fraction of sp³-hybridized carbons (Fsp3) is 0.600. The molecule has 0 spiro atoms. The van der Waals surface area contributed by atoms with Crippen molar-refractivity contribution in [3.8, 4) is 17.0 Å². The highest BCUT2D eigenvalue weighted by molar-refractivity contribution is 5.68. The number of nitrogens with one attached hydrogen (secondary N) is 2. The molecule has 0 fully saturated rings. The number of ether oxygens (including phenoxy) is 2. The van der Waals surface area contributed by atoms with Gasteiger partial charge in [0, 0.05) is 0 Å². The van der Waals surface area contributed by atoms with Crippen molar-refractivity contribution >= 4 is 6.09 Å². The lowest BCUT2D eigenvalue weighted by atomic mass is 10.0. The minimum absolute atomic E-state index is 0.311. The van der Waals surface area contributed by atoms with Crippen molar-refractivity contribution in [3.63, 3.8) is 0 Å². The van der Waals surface area contributed by atoms with Crippen LogP contribution in [0.15, 0.2) is 30.5 Å². The highest BCUT2D eigenvalue weighted by atomic mass is 16.5. The Kier molecular flexibility index (Phi) is 11.1. The summed E-state index contributed by atoms with van der Waals surface area (Å²) in [5, 5.41) is 12.6. The number of aromatic amines is 1. The number of alkyl carbamates (subject to hydrolysis) is 1. The van der Waals surface area contributed by atoms with Crippen molar-refractivity contribution in [1.82, 2.24) is 15.3 Å². The van der Waals surface area contributed by atoms with E-state index >= 15 is 0 Å². The lowest BCUT2D eigenvalue weighted by Gasteiger charge is -2.26. The van der Waals surface area contributed by atoms with E-state index < -0.39 is 11.6 Å². The van der Waals surface area contributed by atoms with E-state index in [2.05, 4.69) is 22.2 Å². The van der Waals surface area contributed by atoms with E-state index in [0.29, 0.717) is 12.4 Å². The quantitative estimate of drug-likeness (QED) is 0.312. The number of H-pyrrole nitrogens is 1. The van der Waals surface area contributed by atoms with Gasteiger partial charge in [0.15, 0.2) is 0 Å². The zero-order valence-corrected chi connectivity index (χ0v) is 19.8. The van der Waals surface area contributed by atoms with Gasteiger partial charge in [0.2, 0.25) is 0 Å². The third kappa shape index (κ3) is 8.19. The van der Waals surface area contributed by atoms with E-state index in [1.807, 2.05) is 31.2 Å². The summed E-state index contributed by atoms with van der Waals surface area (Å²) in [5.41, 5.74) is 0.673. The van der Waals surface area contributed by atoms with E-state index in [9.17, 15) is 9.90 Å².